The molecule has 4 aromatic rings. The van der Waals surface area contributed by atoms with Crippen LogP contribution in [0.5, 0.6) is 0 Å². The molecule has 44 heavy (non-hydrogen) atoms. The van der Waals surface area contributed by atoms with Crippen LogP contribution in [0.15, 0.2) is 53.5 Å². The summed E-state index contributed by atoms with van der Waals surface area (Å²) >= 11 is 6.26. The molecule has 3 heterocycles. The Morgan fingerprint density at radius 1 is 1.20 bits per heavy atom. The van der Waals surface area contributed by atoms with Crippen molar-refractivity contribution < 1.29 is 4.39 Å². The molecule has 0 radical (unpaired) electrons. The second-order valence-electron chi connectivity index (χ2n) is 12.4. The van der Waals surface area contributed by atoms with Crippen LogP contribution in [0.1, 0.15) is 76.5 Å². The highest BCUT2D eigenvalue weighted by molar-refractivity contribution is 6.31. The molecule has 0 aliphatic carbocycles. The number of fused-ring (bicyclic) bond motifs is 1. The van der Waals surface area contributed by atoms with Crippen molar-refractivity contribution in [2.24, 2.45) is 11.7 Å². The molecule has 10 heteroatoms. The van der Waals surface area contributed by atoms with Gasteiger partial charge in [-0.3, -0.25) is 9.98 Å². The van der Waals surface area contributed by atoms with E-state index in [1.54, 1.807) is 24.4 Å². The first kappa shape index (κ1) is 31.9. The van der Waals surface area contributed by atoms with Crippen molar-refractivity contribution in [3.05, 3.63) is 81.1 Å². The normalized spacial score (nSPS) is 17.7. The maximum Gasteiger partial charge on any atom is 0.354 e. The van der Waals surface area contributed by atoms with E-state index >= 15 is 4.39 Å². The third kappa shape index (κ3) is 7.57. The van der Waals surface area contributed by atoms with Crippen LogP contribution in [0.25, 0.3) is 28.0 Å². The van der Waals surface area contributed by atoms with E-state index in [1.807, 2.05) is 32.9 Å². The van der Waals surface area contributed by atoms with E-state index in [0.29, 0.717) is 39.9 Å². The van der Waals surface area contributed by atoms with Gasteiger partial charge in [-0.25, -0.2) is 9.18 Å². The third-order valence-corrected chi connectivity index (χ3v) is 8.73. The van der Waals surface area contributed by atoms with Gasteiger partial charge >= 0.3 is 5.69 Å². The molecular formula is C34H43ClFN7O. The number of rotatable bonds is 11. The summed E-state index contributed by atoms with van der Waals surface area (Å²) in [5.74, 6) is 0.286. The Hall–Kier alpha value is -3.53. The fourth-order valence-electron chi connectivity index (χ4n) is 5.90. The van der Waals surface area contributed by atoms with Crippen molar-refractivity contribution in [2.45, 2.75) is 83.8 Å². The van der Waals surface area contributed by atoms with Gasteiger partial charge in [-0.2, -0.15) is 4.98 Å². The number of hydrogen-bond donors (Lipinski definition) is 5. The van der Waals surface area contributed by atoms with E-state index in [4.69, 9.17) is 22.7 Å². The van der Waals surface area contributed by atoms with Crippen LogP contribution in [0.2, 0.25) is 5.02 Å². The van der Waals surface area contributed by atoms with Crippen molar-refractivity contribution in [1.82, 2.24) is 25.2 Å². The number of H-pyrrole nitrogens is 1. The van der Waals surface area contributed by atoms with Gasteiger partial charge in [0.2, 0.25) is 0 Å². The molecule has 5 rings (SSSR count). The fourth-order valence-corrected chi connectivity index (χ4v) is 6.14. The number of aromatic amines is 1. The predicted molar refractivity (Wildman–Crippen MR) is 177 cm³/mol. The lowest BCUT2D eigenvalue weighted by atomic mass is 9.92. The number of aryl methyl sites for hydroxylation is 1. The number of halogens is 2. The Balaban J connectivity index is 1.31. The van der Waals surface area contributed by atoms with Gasteiger partial charge in [-0.1, -0.05) is 44.0 Å². The average molecular weight is 620 g/mol. The van der Waals surface area contributed by atoms with Crippen LogP contribution in [0.3, 0.4) is 0 Å². The lowest BCUT2D eigenvalue weighted by molar-refractivity contribution is 0.312. The van der Waals surface area contributed by atoms with Crippen LogP contribution in [-0.2, 0) is 6.42 Å². The molecule has 2 aromatic heterocycles. The zero-order chi connectivity index (χ0) is 31.4. The number of piperidine rings is 1. The fraction of sp³-hybridized carbons (Fsp3) is 0.441. The van der Waals surface area contributed by atoms with E-state index in [2.05, 4.69) is 32.7 Å². The third-order valence-electron chi connectivity index (χ3n) is 8.45. The van der Waals surface area contributed by atoms with E-state index in [1.165, 1.54) is 10.1 Å². The summed E-state index contributed by atoms with van der Waals surface area (Å²) in [6.45, 7) is 6.81. The van der Waals surface area contributed by atoms with Gasteiger partial charge in [0.15, 0.2) is 5.82 Å². The van der Waals surface area contributed by atoms with Crippen molar-refractivity contribution in [2.75, 3.05) is 6.54 Å². The maximum atomic E-state index is 15.1. The Bertz CT molecular complexity index is 1660. The Labute approximate surface area is 263 Å². The van der Waals surface area contributed by atoms with Crippen LogP contribution in [-0.4, -0.2) is 39.0 Å². The number of hydrogen-bond acceptors (Lipinski definition) is 5. The minimum absolute atomic E-state index is 0.0617. The molecule has 8 nitrogen and oxygen atoms in total. The SMILES string of the molecule is CC(C)C(=N)NCC[C@@H]1CCC[C@@H](c2ccc(-n3cc4cc(-c5cc(CCC[C@H](C)N)cc(Cl)c5F)[nH]c4nc3=O)cc2)N1. The molecular weight excluding hydrogens is 577 g/mol. The Morgan fingerprint density at radius 2 is 1.98 bits per heavy atom. The molecule has 1 saturated heterocycles. The van der Waals surface area contributed by atoms with E-state index in [-0.39, 0.29) is 23.0 Å². The molecule has 2 aromatic carbocycles. The van der Waals surface area contributed by atoms with Gasteiger partial charge in [0.1, 0.15) is 5.65 Å². The first-order chi connectivity index (χ1) is 21.1. The summed E-state index contributed by atoms with van der Waals surface area (Å²) in [5, 5.41) is 15.8. The standard InChI is InChI=1S/C34H43ClFN7O/c1-20(2)32(38)39-15-14-25-8-5-9-29(40-25)23-10-12-26(13-11-23)43-19-24-18-30(41-33(24)42-34(43)44)27-16-22(7-4-6-21(3)37)17-28(35)31(27)36/h10-13,16-21,25,29,40H,4-9,14-15,37H2,1-3H3,(H2,38,39)(H,41,42,44)/t21-,25-,29-/m0/s1. The van der Waals surface area contributed by atoms with Crippen molar-refractivity contribution in [1.29, 1.82) is 5.41 Å². The highest BCUT2D eigenvalue weighted by atomic mass is 35.5. The molecule has 0 saturated carbocycles. The summed E-state index contributed by atoms with van der Waals surface area (Å²) in [6, 6.07) is 14.0. The molecule has 0 unspecified atom stereocenters. The first-order valence-electron chi connectivity index (χ1n) is 15.6. The minimum Gasteiger partial charge on any atom is -0.374 e. The average Bonchev–Trinajstić information content (AvgIpc) is 3.41. The summed E-state index contributed by atoms with van der Waals surface area (Å²) in [5.41, 5.74) is 9.55. The highest BCUT2D eigenvalue weighted by Gasteiger charge is 2.22. The summed E-state index contributed by atoms with van der Waals surface area (Å²) in [7, 11) is 0. The second kappa shape index (κ2) is 14.1. The predicted octanol–water partition coefficient (Wildman–Crippen LogP) is 6.64. The molecule has 1 fully saturated rings. The lowest BCUT2D eigenvalue weighted by Crippen LogP contribution is -2.40. The Morgan fingerprint density at radius 3 is 2.70 bits per heavy atom. The molecule has 6 N–H and O–H groups in total. The van der Waals surface area contributed by atoms with Gasteiger partial charge in [-0.15, -0.1) is 0 Å². The quantitative estimate of drug-likeness (QED) is 0.0951. The van der Waals surface area contributed by atoms with E-state index in [9.17, 15) is 4.79 Å². The van der Waals surface area contributed by atoms with Crippen LogP contribution < -0.4 is 22.1 Å². The Kier molecular flexibility index (Phi) is 10.2. The van der Waals surface area contributed by atoms with Crippen molar-refractivity contribution >= 4 is 28.5 Å². The minimum atomic E-state index is -0.509. The number of benzene rings is 2. The topological polar surface area (TPSA) is 125 Å². The number of nitrogens with two attached hydrogens (primary N) is 1. The number of nitrogens with zero attached hydrogens (tertiary/aromatic N) is 2. The smallest absolute Gasteiger partial charge is 0.354 e. The molecule has 0 spiro atoms. The summed E-state index contributed by atoms with van der Waals surface area (Å²) in [4.78, 5) is 20.4. The van der Waals surface area contributed by atoms with Gasteiger partial charge in [-0.05, 0) is 86.9 Å². The summed E-state index contributed by atoms with van der Waals surface area (Å²) in [6.07, 6.45) is 8.52. The monoisotopic (exact) mass is 619 g/mol. The van der Waals surface area contributed by atoms with E-state index < -0.39 is 11.5 Å². The second-order valence-corrected chi connectivity index (χ2v) is 12.8. The molecule has 3 atom stereocenters. The molecule has 1 aliphatic heterocycles. The molecule has 234 valence electrons. The molecule has 1 aliphatic rings. The molecule has 0 bridgehead atoms. The van der Waals surface area contributed by atoms with Crippen molar-refractivity contribution in [3.63, 3.8) is 0 Å². The van der Waals surface area contributed by atoms with Crippen LogP contribution >= 0.6 is 11.6 Å². The van der Waals surface area contributed by atoms with Gasteiger partial charge < -0.3 is 21.4 Å². The zero-order valence-electron chi connectivity index (χ0n) is 25.7. The van der Waals surface area contributed by atoms with Crippen LogP contribution in [0.4, 0.5) is 4.39 Å². The zero-order valence-corrected chi connectivity index (χ0v) is 26.5. The summed E-state index contributed by atoms with van der Waals surface area (Å²) < 4.78 is 16.6. The van der Waals surface area contributed by atoms with Gasteiger partial charge in [0.05, 0.1) is 22.2 Å². The lowest BCUT2D eigenvalue weighted by Gasteiger charge is -2.32. The van der Waals surface area contributed by atoms with Gasteiger partial charge in [0, 0.05) is 47.7 Å². The van der Waals surface area contributed by atoms with Crippen molar-refractivity contribution in [3.8, 4) is 16.9 Å². The maximum absolute atomic E-state index is 15.1. The first-order valence-corrected chi connectivity index (χ1v) is 16.0. The number of nitrogens with one attached hydrogen (secondary N) is 4. The number of aromatic nitrogens is 3. The largest absolute Gasteiger partial charge is 0.374 e. The van der Waals surface area contributed by atoms with Gasteiger partial charge in [0.25, 0.3) is 0 Å². The highest BCUT2D eigenvalue weighted by Crippen LogP contribution is 2.32. The number of amidine groups is 1. The molecule has 0 amide bonds. The van der Waals surface area contributed by atoms with E-state index in [0.717, 1.165) is 57.1 Å². The van der Waals surface area contributed by atoms with Crippen LogP contribution in [0, 0.1) is 17.1 Å².